The summed E-state index contributed by atoms with van der Waals surface area (Å²) in [5.41, 5.74) is 6.06. The average molecular weight is 284 g/mol. The quantitative estimate of drug-likeness (QED) is 0.823. The highest BCUT2D eigenvalue weighted by Crippen LogP contribution is 2.28. The smallest absolute Gasteiger partial charge is 0.258 e. The zero-order valence-corrected chi connectivity index (χ0v) is 10.4. The van der Waals surface area contributed by atoms with Crippen molar-refractivity contribution in [3.63, 3.8) is 0 Å². The largest absolute Gasteiger partial charge is 0.396 e. The van der Waals surface area contributed by atoms with Crippen LogP contribution in [-0.2, 0) is 0 Å². The van der Waals surface area contributed by atoms with Crippen molar-refractivity contribution in [2.75, 3.05) is 11.1 Å². The summed E-state index contributed by atoms with van der Waals surface area (Å²) < 4.78 is 0. The van der Waals surface area contributed by atoms with Crippen LogP contribution in [0.4, 0.5) is 11.6 Å². The normalized spacial score (nSPS) is 10.1. The molecule has 8 heteroatoms. The van der Waals surface area contributed by atoms with Crippen molar-refractivity contribution in [1.29, 1.82) is 0 Å². The number of rotatable bonds is 2. The molecular weight excluding hydrogens is 277 g/mol. The Morgan fingerprint density at radius 2 is 1.89 bits per heavy atom. The second-order valence-corrected chi connectivity index (χ2v) is 4.09. The zero-order valence-electron chi connectivity index (χ0n) is 8.89. The number of nitrogens with two attached hydrogens (primary N) is 1. The van der Waals surface area contributed by atoms with E-state index in [1.165, 1.54) is 24.5 Å². The number of nitrogens with zero attached hydrogens (tertiary/aromatic N) is 3. The van der Waals surface area contributed by atoms with E-state index in [4.69, 9.17) is 28.9 Å². The van der Waals surface area contributed by atoms with Crippen LogP contribution in [-0.4, -0.2) is 21.1 Å². The van der Waals surface area contributed by atoms with Crippen LogP contribution in [0.5, 0.6) is 0 Å². The van der Waals surface area contributed by atoms with Gasteiger partial charge in [-0.25, -0.2) is 4.98 Å². The molecule has 3 N–H and O–H groups in total. The molecule has 0 saturated carbocycles. The van der Waals surface area contributed by atoms with Gasteiger partial charge in [-0.15, -0.1) is 5.10 Å². The molecule has 0 aliphatic carbocycles. The van der Waals surface area contributed by atoms with Crippen molar-refractivity contribution in [3.05, 3.63) is 40.1 Å². The van der Waals surface area contributed by atoms with E-state index in [-0.39, 0.29) is 27.2 Å². The first-order valence-corrected chi connectivity index (χ1v) is 5.53. The topological polar surface area (TPSA) is 93.8 Å². The Morgan fingerprint density at radius 3 is 2.44 bits per heavy atom. The third-order valence-corrected chi connectivity index (χ3v) is 2.67. The van der Waals surface area contributed by atoms with Gasteiger partial charge in [0.05, 0.1) is 28.1 Å². The Kier molecular flexibility index (Phi) is 3.59. The molecule has 0 fully saturated rings. The Morgan fingerprint density at radius 1 is 1.22 bits per heavy atom. The lowest BCUT2D eigenvalue weighted by Gasteiger charge is -2.06. The second kappa shape index (κ2) is 5.16. The maximum atomic E-state index is 11.9. The van der Waals surface area contributed by atoms with Crippen molar-refractivity contribution in [2.45, 2.75) is 0 Å². The lowest BCUT2D eigenvalue weighted by Crippen LogP contribution is -2.14. The van der Waals surface area contributed by atoms with Gasteiger partial charge >= 0.3 is 0 Å². The van der Waals surface area contributed by atoms with E-state index < -0.39 is 5.91 Å². The molecule has 18 heavy (non-hydrogen) atoms. The molecule has 0 aliphatic rings. The van der Waals surface area contributed by atoms with Gasteiger partial charge in [-0.05, 0) is 12.1 Å². The van der Waals surface area contributed by atoms with Gasteiger partial charge in [-0.1, -0.05) is 23.2 Å². The van der Waals surface area contributed by atoms with Crippen LogP contribution in [0.2, 0.25) is 10.0 Å². The van der Waals surface area contributed by atoms with Crippen LogP contribution in [0.3, 0.4) is 0 Å². The minimum Gasteiger partial charge on any atom is -0.396 e. The van der Waals surface area contributed by atoms with Crippen LogP contribution >= 0.6 is 23.2 Å². The lowest BCUT2D eigenvalue weighted by molar-refractivity contribution is 0.102. The van der Waals surface area contributed by atoms with Gasteiger partial charge in [-0.3, -0.25) is 10.1 Å². The second-order valence-electron chi connectivity index (χ2n) is 3.27. The van der Waals surface area contributed by atoms with Crippen molar-refractivity contribution in [3.8, 4) is 0 Å². The lowest BCUT2D eigenvalue weighted by atomic mass is 10.2. The van der Waals surface area contributed by atoms with Crippen LogP contribution in [0.25, 0.3) is 0 Å². The molecule has 2 aromatic rings. The number of aromatic nitrogens is 3. The molecule has 0 radical (unpaired) electrons. The van der Waals surface area contributed by atoms with Gasteiger partial charge in [-0.2, -0.15) is 5.10 Å². The maximum Gasteiger partial charge on any atom is 0.258 e. The van der Waals surface area contributed by atoms with Crippen molar-refractivity contribution in [2.24, 2.45) is 0 Å². The summed E-state index contributed by atoms with van der Waals surface area (Å²) in [5, 5.41) is 10.1. The van der Waals surface area contributed by atoms with E-state index in [1.54, 1.807) is 0 Å². The van der Waals surface area contributed by atoms with Gasteiger partial charge in [0.2, 0.25) is 5.95 Å². The number of nitrogens with one attached hydrogen (secondary N) is 1. The number of anilines is 2. The van der Waals surface area contributed by atoms with E-state index in [1.807, 2.05) is 0 Å². The van der Waals surface area contributed by atoms with E-state index >= 15 is 0 Å². The molecule has 0 aliphatic heterocycles. The van der Waals surface area contributed by atoms with Gasteiger partial charge in [0.25, 0.3) is 5.91 Å². The minimum absolute atomic E-state index is 0.0894. The van der Waals surface area contributed by atoms with Gasteiger partial charge in [0.15, 0.2) is 0 Å². The predicted octanol–water partition coefficient (Wildman–Crippen LogP) is 2.01. The Balaban J connectivity index is 2.25. The van der Waals surface area contributed by atoms with Crippen LogP contribution < -0.4 is 11.1 Å². The Labute approximate surface area is 112 Å². The molecule has 1 aromatic heterocycles. The third-order valence-electron chi connectivity index (χ3n) is 2.05. The van der Waals surface area contributed by atoms with Crippen LogP contribution in [0, 0.1) is 0 Å². The number of hydrogen-bond acceptors (Lipinski definition) is 5. The van der Waals surface area contributed by atoms with Crippen molar-refractivity contribution >= 4 is 40.7 Å². The number of hydrogen-bond donors (Lipinski definition) is 2. The summed E-state index contributed by atoms with van der Waals surface area (Å²) in [6.07, 6.45) is 2.80. The molecule has 1 heterocycles. The van der Waals surface area contributed by atoms with E-state index in [2.05, 4.69) is 20.5 Å². The average Bonchev–Trinajstić information content (AvgIpc) is 2.36. The highest BCUT2D eigenvalue weighted by Gasteiger charge is 2.12. The third kappa shape index (κ3) is 2.66. The maximum absolute atomic E-state index is 11.9. The fourth-order valence-electron chi connectivity index (χ4n) is 1.19. The first-order chi connectivity index (χ1) is 8.58. The summed E-state index contributed by atoms with van der Waals surface area (Å²) in [6, 6.07) is 2.82. The molecule has 1 amide bonds. The number of halogens is 2. The van der Waals surface area contributed by atoms with E-state index in [9.17, 15) is 4.79 Å². The molecule has 0 bridgehead atoms. The van der Waals surface area contributed by atoms with Crippen LogP contribution in [0.1, 0.15) is 10.4 Å². The predicted molar refractivity (Wildman–Crippen MR) is 68.7 cm³/mol. The number of carbonyl (C=O) groups excluding carboxylic acids is 1. The number of benzene rings is 1. The van der Waals surface area contributed by atoms with Crippen LogP contribution in [0.15, 0.2) is 24.5 Å². The molecule has 0 atom stereocenters. The number of nitrogen functional groups attached to an aromatic ring is 1. The highest BCUT2D eigenvalue weighted by atomic mass is 35.5. The van der Waals surface area contributed by atoms with E-state index in [0.29, 0.717) is 0 Å². The molecule has 0 unspecified atom stereocenters. The first-order valence-electron chi connectivity index (χ1n) is 4.77. The van der Waals surface area contributed by atoms with Crippen molar-refractivity contribution < 1.29 is 4.79 Å². The molecule has 1 aromatic carbocycles. The molecule has 6 nitrogen and oxygen atoms in total. The summed E-state index contributed by atoms with van der Waals surface area (Å²) in [7, 11) is 0. The molecule has 92 valence electrons. The Bertz CT molecular complexity index is 567. The molecular formula is C10H7Cl2N5O. The number of carbonyl (C=O) groups is 1. The monoisotopic (exact) mass is 283 g/mol. The number of amides is 1. The molecule has 0 spiro atoms. The summed E-state index contributed by atoms with van der Waals surface area (Å²) in [4.78, 5) is 15.7. The standard InChI is InChI=1S/C10H7Cl2N5O/c11-6-3-5(4-7(12)8(6)13)9(18)16-10-14-1-2-15-17-10/h1-4H,13H2,(H,14,16,17,18). The van der Waals surface area contributed by atoms with Gasteiger partial charge in [0, 0.05) is 5.56 Å². The zero-order chi connectivity index (χ0) is 13.1. The van der Waals surface area contributed by atoms with Crippen molar-refractivity contribution in [1.82, 2.24) is 15.2 Å². The fourth-order valence-corrected chi connectivity index (χ4v) is 1.68. The summed E-state index contributed by atoms with van der Waals surface area (Å²) >= 11 is 11.7. The van der Waals surface area contributed by atoms with Gasteiger partial charge < -0.3 is 5.73 Å². The highest BCUT2D eigenvalue weighted by molar-refractivity contribution is 6.39. The Hall–Kier alpha value is -1.92. The summed E-state index contributed by atoms with van der Waals surface area (Å²) in [5.74, 6) is -0.363. The fraction of sp³-hybridized carbons (Fsp3) is 0. The van der Waals surface area contributed by atoms with Gasteiger partial charge in [0.1, 0.15) is 0 Å². The molecule has 0 saturated heterocycles. The van der Waals surface area contributed by atoms with E-state index in [0.717, 1.165) is 0 Å². The SMILES string of the molecule is Nc1c(Cl)cc(C(=O)Nc2nccnn2)cc1Cl. The minimum atomic E-state index is -0.452. The molecule has 2 rings (SSSR count). The summed E-state index contributed by atoms with van der Waals surface area (Å²) in [6.45, 7) is 0. The first kappa shape index (κ1) is 12.5.